The molecule has 29 heavy (non-hydrogen) atoms. The zero-order valence-corrected chi connectivity index (χ0v) is 16.8. The second kappa shape index (κ2) is 9.53. The fourth-order valence-corrected chi connectivity index (χ4v) is 3.40. The van der Waals surface area contributed by atoms with Crippen LogP contribution in [0.25, 0.3) is 16.8 Å². The Balaban J connectivity index is 1.81. The van der Waals surface area contributed by atoms with Crippen molar-refractivity contribution in [1.29, 1.82) is 5.26 Å². The van der Waals surface area contributed by atoms with Gasteiger partial charge in [0.2, 0.25) is 0 Å². The molecule has 0 amide bonds. The molecular formula is C22H19N3O3S. The van der Waals surface area contributed by atoms with Crippen molar-refractivity contribution in [2.24, 2.45) is 0 Å². The third-order valence-electron chi connectivity index (χ3n) is 4.02. The van der Waals surface area contributed by atoms with Gasteiger partial charge in [-0.3, -0.25) is 0 Å². The molecule has 3 rings (SSSR count). The Hall–Kier alpha value is -3.63. The van der Waals surface area contributed by atoms with Crippen molar-refractivity contribution in [3.05, 3.63) is 70.7 Å². The highest BCUT2D eigenvalue weighted by Gasteiger charge is 2.12. The van der Waals surface area contributed by atoms with Crippen LogP contribution in [0.1, 0.15) is 22.3 Å². The lowest BCUT2D eigenvalue weighted by Crippen LogP contribution is -2.05. The van der Waals surface area contributed by atoms with Gasteiger partial charge in [0.1, 0.15) is 22.4 Å². The number of carbonyl (C=O) groups excluding carboxylic acids is 1. The van der Waals surface area contributed by atoms with E-state index in [9.17, 15) is 10.1 Å². The molecule has 0 saturated heterocycles. The molecule has 7 heteroatoms. The summed E-state index contributed by atoms with van der Waals surface area (Å²) < 4.78 is 10.2. The van der Waals surface area contributed by atoms with Gasteiger partial charge in [-0.15, -0.1) is 11.3 Å². The molecule has 0 fully saturated rings. The number of hydrogen-bond donors (Lipinski definition) is 1. The second-order valence-electron chi connectivity index (χ2n) is 5.85. The number of aromatic nitrogens is 1. The number of nitrogens with one attached hydrogen (secondary N) is 1. The first-order valence-electron chi connectivity index (χ1n) is 8.89. The summed E-state index contributed by atoms with van der Waals surface area (Å²) >= 11 is 1.38. The quantitative estimate of drug-likeness (QED) is 0.441. The number of nitriles is 1. The number of ether oxygens (including phenoxy) is 2. The average Bonchev–Trinajstić information content (AvgIpc) is 3.25. The van der Waals surface area contributed by atoms with Crippen LogP contribution in [-0.2, 0) is 4.74 Å². The van der Waals surface area contributed by atoms with Crippen LogP contribution >= 0.6 is 11.3 Å². The van der Waals surface area contributed by atoms with Gasteiger partial charge in [-0.25, -0.2) is 9.78 Å². The van der Waals surface area contributed by atoms with E-state index in [1.165, 1.54) is 18.4 Å². The number of esters is 1. The topological polar surface area (TPSA) is 84.2 Å². The lowest BCUT2D eigenvalue weighted by Gasteiger charge is -2.07. The lowest BCUT2D eigenvalue weighted by molar-refractivity contribution is 0.0602. The first kappa shape index (κ1) is 20.1. The summed E-state index contributed by atoms with van der Waals surface area (Å²) in [5.41, 5.74) is 3.03. The van der Waals surface area contributed by atoms with E-state index in [0.717, 1.165) is 17.0 Å². The molecule has 146 valence electrons. The summed E-state index contributed by atoms with van der Waals surface area (Å²) in [6.45, 7) is 2.55. The maximum Gasteiger partial charge on any atom is 0.339 e. The van der Waals surface area contributed by atoms with E-state index in [1.54, 1.807) is 30.5 Å². The number of anilines is 1. The van der Waals surface area contributed by atoms with Crippen LogP contribution < -0.4 is 10.1 Å². The minimum atomic E-state index is -0.452. The highest BCUT2D eigenvalue weighted by Crippen LogP contribution is 2.27. The number of hydrogen-bond acceptors (Lipinski definition) is 7. The fourth-order valence-electron chi connectivity index (χ4n) is 2.61. The molecule has 0 atom stereocenters. The SMILES string of the molecule is CCOc1ccc(-c2csc(C(C#N)=CNc3ccccc3C(=O)OC)n2)cc1. The normalized spacial score (nSPS) is 10.9. The molecule has 0 radical (unpaired) electrons. The molecule has 0 bridgehead atoms. The van der Waals surface area contributed by atoms with E-state index < -0.39 is 5.97 Å². The second-order valence-corrected chi connectivity index (χ2v) is 6.70. The van der Waals surface area contributed by atoms with E-state index in [0.29, 0.717) is 28.4 Å². The summed E-state index contributed by atoms with van der Waals surface area (Å²) in [6, 6.07) is 16.7. The Kier molecular flexibility index (Phi) is 6.61. The van der Waals surface area contributed by atoms with Gasteiger partial charge in [0, 0.05) is 17.1 Å². The molecule has 0 aliphatic rings. The van der Waals surface area contributed by atoms with Crippen LogP contribution in [0, 0.1) is 11.3 Å². The third-order valence-corrected chi connectivity index (χ3v) is 4.90. The highest BCUT2D eigenvalue weighted by molar-refractivity contribution is 7.11. The molecular weight excluding hydrogens is 386 g/mol. The number of thiazole rings is 1. The first-order valence-corrected chi connectivity index (χ1v) is 9.77. The molecule has 0 unspecified atom stereocenters. The number of allylic oxidation sites excluding steroid dienone is 1. The van der Waals surface area contributed by atoms with Gasteiger partial charge >= 0.3 is 5.97 Å². The van der Waals surface area contributed by atoms with Crippen molar-refractivity contribution in [2.45, 2.75) is 6.92 Å². The zero-order valence-electron chi connectivity index (χ0n) is 16.0. The lowest BCUT2D eigenvalue weighted by atomic mass is 10.1. The fraction of sp³-hybridized carbons (Fsp3) is 0.136. The van der Waals surface area contributed by atoms with Crippen LogP contribution in [0.2, 0.25) is 0 Å². The van der Waals surface area contributed by atoms with Crippen LogP contribution in [0.3, 0.4) is 0 Å². The molecule has 2 aromatic carbocycles. The monoisotopic (exact) mass is 405 g/mol. The van der Waals surface area contributed by atoms with E-state index >= 15 is 0 Å². The molecule has 6 nitrogen and oxygen atoms in total. The summed E-state index contributed by atoms with van der Waals surface area (Å²) in [5, 5.41) is 15.1. The largest absolute Gasteiger partial charge is 0.494 e. The van der Waals surface area contributed by atoms with Crippen molar-refractivity contribution in [2.75, 3.05) is 19.0 Å². The molecule has 0 spiro atoms. The van der Waals surface area contributed by atoms with Gasteiger partial charge in [0.15, 0.2) is 0 Å². The molecule has 3 aromatic rings. The van der Waals surface area contributed by atoms with Crippen LogP contribution in [-0.4, -0.2) is 24.7 Å². The maximum atomic E-state index is 11.9. The van der Waals surface area contributed by atoms with Crippen molar-refractivity contribution in [1.82, 2.24) is 4.98 Å². The Morgan fingerprint density at radius 3 is 2.69 bits per heavy atom. The predicted octanol–water partition coefficient (Wildman–Crippen LogP) is 4.97. The summed E-state index contributed by atoms with van der Waals surface area (Å²) in [6.07, 6.45) is 1.54. The number of benzene rings is 2. The molecule has 0 aliphatic carbocycles. The Morgan fingerprint density at radius 2 is 2.00 bits per heavy atom. The number of rotatable bonds is 7. The molecule has 1 N–H and O–H groups in total. The Labute approximate surface area is 173 Å². The smallest absolute Gasteiger partial charge is 0.339 e. The van der Waals surface area contributed by atoms with Crippen molar-refractivity contribution in [3.8, 4) is 23.1 Å². The number of para-hydroxylation sites is 1. The van der Waals surface area contributed by atoms with Gasteiger partial charge in [-0.2, -0.15) is 5.26 Å². The average molecular weight is 405 g/mol. The summed E-state index contributed by atoms with van der Waals surface area (Å²) in [4.78, 5) is 16.4. The van der Waals surface area contributed by atoms with E-state index in [-0.39, 0.29) is 0 Å². The van der Waals surface area contributed by atoms with Crippen LogP contribution in [0.4, 0.5) is 5.69 Å². The maximum absolute atomic E-state index is 11.9. The summed E-state index contributed by atoms with van der Waals surface area (Å²) in [5.74, 6) is 0.352. The van der Waals surface area contributed by atoms with Gasteiger partial charge in [-0.05, 0) is 43.3 Å². The van der Waals surface area contributed by atoms with E-state index in [2.05, 4.69) is 16.4 Å². The van der Waals surface area contributed by atoms with Gasteiger partial charge in [0.05, 0.1) is 30.7 Å². The highest BCUT2D eigenvalue weighted by atomic mass is 32.1. The number of nitrogens with zero attached hydrogens (tertiary/aromatic N) is 2. The third kappa shape index (κ3) is 4.81. The minimum Gasteiger partial charge on any atom is -0.494 e. The van der Waals surface area contributed by atoms with Gasteiger partial charge < -0.3 is 14.8 Å². The van der Waals surface area contributed by atoms with Crippen LogP contribution in [0.5, 0.6) is 5.75 Å². The Bertz CT molecular complexity index is 1070. The standard InChI is InChI=1S/C22H19N3O3S/c1-3-28-17-10-8-15(9-11-17)20-14-29-21(25-20)16(12-23)13-24-19-7-5-4-6-18(19)22(26)27-2/h4-11,13-14,24H,3H2,1-2H3. The summed E-state index contributed by atoms with van der Waals surface area (Å²) in [7, 11) is 1.33. The number of methoxy groups -OCH3 is 1. The van der Waals surface area contributed by atoms with Crippen molar-refractivity contribution >= 4 is 28.6 Å². The van der Waals surface area contributed by atoms with E-state index in [1.807, 2.05) is 36.6 Å². The van der Waals surface area contributed by atoms with Crippen molar-refractivity contribution in [3.63, 3.8) is 0 Å². The van der Waals surface area contributed by atoms with Crippen LogP contribution in [0.15, 0.2) is 60.1 Å². The predicted molar refractivity (Wildman–Crippen MR) is 114 cm³/mol. The zero-order chi connectivity index (χ0) is 20.6. The Morgan fingerprint density at radius 1 is 1.24 bits per heavy atom. The number of carbonyl (C=O) groups is 1. The molecule has 0 saturated carbocycles. The first-order chi connectivity index (χ1) is 14.2. The minimum absolute atomic E-state index is 0.367. The molecule has 1 heterocycles. The molecule has 0 aliphatic heterocycles. The van der Waals surface area contributed by atoms with Gasteiger partial charge in [0.25, 0.3) is 0 Å². The van der Waals surface area contributed by atoms with Crippen molar-refractivity contribution < 1.29 is 14.3 Å². The van der Waals surface area contributed by atoms with Gasteiger partial charge in [-0.1, -0.05) is 12.1 Å². The van der Waals surface area contributed by atoms with E-state index in [4.69, 9.17) is 9.47 Å². The molecule has 1 aromatic heterocycles.